The first-order chi connectivity index (χ1) is 19.1. The fourth-order valence-corrected chi connectivity index (χ4v) is 8.69. The quantitative estimate of drug-likeness (QED) is 0.304. The maximum Gasteiger partial charge on any atom is 0.200 e. The number of halogens is 2. The Balaban J connectivity index is 1.03. The predicted octanol–water partition coefficient (Wildman–Crippen LogP) is 10.0. The van der Waals surface area contributed by atoms with Gasteiger partial charge in [0.1, 0.15) is 0 Å². The third-order valence-electron chi connectivity index (χ3n) is 11.1. The minimum atomic E-state index is -0.824. The molecule has 1 aromatic rings. The van der Waals surface area contributed by atoms with Gasteiger partial charge in [-0.3, -0.25) is 0 Å². The zero-order chi connectivity index (χ0) is 27.2. The van der Waals surface area contributed by atoms with Crippen molar-refractivity contribution in [2.45, 2.75) is 122 Å². The Morgan fingerprint density at radius 2 is 1.33 bits per heavy atom. The molecule has 0 spiro atoms. The van der Waals surface area contributed by atoms with E-state index in [2.05, 4.69) is 19.1 Å². The van der Waals surface area contributed by atoms with Gasteiger partial charge in [0, 0.05) is 0 Å². The summed E-state index contributed by atoms with van der Waals surface area (Å²) in [4.78, 5) is 0. The molecule has 4 aliphatic rings. The van der Waals surface area contributed by atoms with Crippen LogP contribution in [0.3, 0.4) is 0 Å². The van der Waals surface area contributed by atoms with Crippen LogP contribution in [0.1, 0.15) is 122 Å². The van der Waals surface area contributed by atoms with Crippen LogP contribution < -0.4 is 4.74 Å². The second-order valence-corrected chi connectivity index (χ2v) is 13.3. The molecule has 3 saturated carbocycles. The second kappa shape index (κ2) is 14.0. The Kier molecular flexibility index (Phi) is 10.4. The Labute approximate surface area is 236 Å². The van der Waals surface area contributed by atoms with Gasteiger partial charge in [-0.15, -0.1) is 0 Å². The number of ether oxygens (including phenoxy) is 2. The third-order valence-corrected chi connectivity index (χ3v) is 11.1. The summed E-state index contributed by atoms with van der Waals surface area (Å²) in [5.74, 6) is 3.56. The van der Waals surface area contributed by atoms with Crippen LogP contribution >= 0.6 is 0 Å². The molecule has 1 saturated heterocycles. The summed E-state index contributed by atoms with van der Waals surface area (Å²) in [6.45, 7) is 5.46. The van der Waals surface area contributed by atoms with E-state index < -0.39 is 11.6 Å². The molecular formula is C35H52F2O2. The zero-order valence-electron chi connectivity index (χ0n) is 24.5. The maximum absolute atomic E-state index is 14.8. The minimum Gasteiger partial charge on any atom is -0.490 e. The summed E-state index contributed by atoms with van der Waals surface area (Å²) in [5.41, 5.74) is 0.529. The standard InChI is InChI=1S/C35H52F2O2/c1-3-5-24-6-8-25(9-7-24)26-10-12-27(13-11-26)30-18-20-32(39-23-30)29-16-14-28(15-17-29)31-19-21-33(38-22-4-2)35(37)34(31)36/h3,5,19,21,24-30,32H,4,6-18,20,22-23H2,1-2H3/b5-3+. The van der Waals surface area contributed by atoms with Crippen molar-refractivity contribution in [3.05, 3.63) is 41.5 Å². The number of allylic oxidation sites excluding steroid dienone is 2. The zero-order valence-corrected chi connectivity index (χ0v) is 24.5. The molecular weight excluding hydrogens is 490 g/mol. The highest BCUT2D eigenvalue weighted by atomic mass is 19.2. The Morgan fingerprint density at radius 1 is 0.744 bits per heavy atom. The van der Waals surface area contributed by atoms with Gasteiger partial charge >= 0.3 is 0 Å². The molecule has 0 N–H and O–H groups in total. The second-order valence-electron chi connectivity index (χ2n) is 13.3. The normalized spacial score (nSPS) is 36.2. The molecule has 0 aromatic heterocycles. The number of hydrogen-bond donors (Lipinski definition) is 0. The molecule has 1 aliphatic heterocycles. The topological polar surface area (TPSA) is 18.5 Å². The molecule has 3 aliphatic carbocycles. The smallest absolute Gasteiger partial charge is 0.200 e. The molecule has 1 heterocycles. The van der Waals surface area contributed by atoms with Gasteiger partial charge in [0.25, 0.3) is 0 Å². The first-order valence-electron chi connectivity index (χ1n) is 16.4. The van der Waals surface area contributed by atoms with Gasteiger partial charge in [0.05, 0.1) is 19.3 Å². The van der Waals surface area contributed by atoms with Crippen molar-refractivity contribution < 1.29 is 18.3 Å². The molecule has 39 heavy (non-hydrogen) atoms. The van der Waals surface area contributed by atoms with Crippen molar-refractivity contribution >= 4 is 0 Å². The summed E-state index contributed by atoms with van der Waals surface area (Å²) in [6, 6.07) is 3.36. The van der Waals surface area contributed by atoms with E-state index in [1.807, 2.05) is 6.92 Å². The van der Waals surface area contributed by atoms with Crippen molar-refractivity contribution in [1.29, 1.82) is 0 Å². The lowest BCUT2D eigenvalue weighted by Crippen LogP contribution is -2.37. The van der Waals surface area contributed by atoms with E-state index in [4.69, 9.17) is 9.47 Å². The number of benzene rings is 1. The summed E-state index contributed by atoms with van der Waals surface area (Å²) in [6.07, 6.45) is 23.6. The van der Waals surface area contributed by atoms with E-state index in [0.29, 0.717) is 24.2 Å². The number of hydrogen-bond acceptors (Lipinski definition) is 2. The predicted molar refractivity (Wildman–Crippen MR) is 155 cm³/mol. The van der Waals surface area contributed by atoms with Gasteiger partial charge in [-0.05, 0) is 156 Å². The SMILES string of the molecule is C/C=C/C1CCC(C2CCC(C3CCC(C4CCC(c5ccc(OCCC)c(F)c5F)CC4)OC3)CC2)CC1. The van der Waals surface area contributed by atoms with Crippen molar-refractivity contribution in [1.82, 2.24) is 0 Å². The van der Waals surface area contributed by atoms with Crippen LogP contribution in [0.2, 0.25) is 0 Å². The van der Waals surface area contributed by atoms with Gasteiger partial charge in [0.15, 0.2) is 11.6 Å². The minimum absolute atomic E-state index is 0.0395. The summed E-state index contributed by atoms with van der Waals surface area (Å²) in [7, 11) is 0. The molecule has 2 unspecified atom stereocenters. The molecule has 4 fully saturated rings. The van der Waals surface area contributed by atoms with Crippen molar-refractivity contribution in [3.63, 3.8) is 0 Å². The lowest BCUT2D eigenvalue weighted by atomic mass is 9.66. The third kappa shape index (κ3) is 7.08. The van der Waals surface area contributed by atoms with Gasteiger partial charge in [0.2, 0.25) is 5.82 Å². The van der Waals surface area contributed by atoms with Crippen molar-refractivity contribution in [2.24, 2.45) is 35.5 Å². The highest BCUT2D eigenvalue weighted by Crippen LogP contribution is 2.46. The average Bonchev–Trinajstić information content (AvgIpc) is 2.99. The van der Waals surface area contributed by atoms with Crippen LogP contribution in [-0.2, 0) is 4.74 Å². The van der Waals surface area contributed by atoms with E-state index in [1.165, 1.54) is 64.2 Å². The summed E-state index contributed by atoms with van der Waals surface area (Å²) < 4.78 is 41.3. The monoisotopic (exact) mass is 542 g/mol. The highest BCUT2D eigenvalue weighted by molar-refractivity contribution is 5.33. The molecule has 1 aromatic carbocycles. The van der Waals surface area contributed by atoms with Gasteiger partial charge in [-0.1, -0.05) is 25.1 Å². The van der Waals surface area contributed by atoms with Crippen LogP contribution in [0.5, 0.6) is 5.75 Å². The molecule has 218 valence electrons. The maximum atomic E-state index is 14.8. The fraction of sp³-hybridized carbons (Fsp3) is 0.771. The first kappa shape index (κ1) is 29.1. The van der Waals surface area contributed by atoms with E-state index in [9.17, 15) is 8.78 Å². The van der Waals surface area contributed by atoms with Crippen LogP contribution in [0.25, 0.3) is 0 Å². The Bertz CT molecular complexity index is 913. The van der Waals surface area contributed by atoms with Gasteiger partial charge < -0.3 is 9.47 Å². The molecule has 2 atom stereocenters. The van der Waals surface area contributed by atoms with E-state index in [-0.39, 0.29) is 11.7 Å². The Hall–Kier alpha value is -1.42. The van der Waals surface area contributed by atoms with Crippen molar-refractivity contribution in [2.75, 3.05) is 13.2 Å². The Morgan fingerprint density at radius 3 is 1.92 bits per heavy atom. The van der Waals surface area contributed by atoms with Crippen molar-refractivity contribution in [3.8, 4) is 5.75 Å². The molecule has 0 radical (unpaired) electrons. The highest BCUT2D eigenvalue weighted by Gasteiger charge is 2.37. The average molecular weight is 543 g/mol. The largest absolute Gasteiger partial charge is 0.490 e. The molecule has 5 rings (SSSR count). The van der Waals surface area contributed by atoms with Crippen LogP contribution in [-0.4, -0.2) is 19.3 Å². The molecule has 4 heteroatoms. The summed E-state index contributed by atoms with van der Waals surface area (Å²) >= 11 is 0. The van der Waals surface area contributed by atoms with Gasteiger partial charge in [-0.2, -0.15) is 4.39 Å². The van der Waals surface area contributed by atoms with Crippen LogP contribution in [0.15, 0.2) is 24.3 Å². The lowest BCUT2D eigenvalue weighted by molar-refractivity contribution is -0.0733. The first-order valence-corrected chi connectivity index (χ1v) is 16.4. The van der Waals surface area contributed by atoms with E-state index in [0.717, 1.165) is 68.3 Å². The lowest BCUT2D eigenvalue weighted by Gasteiger charge is -2.43. The number of rotatable bonds is 8. The van der Waals surface area contributed by atoms with E-state index in [1.54, 1.807) is 12.1 Å². The van der Waals surface area contributed by atoms with Crippen LogP contribution in [0.4, 0.5) is 8.78 Å². The molecule has 0 bridgehead atoms. The molecule has 2 nitrogen and oxygen atoms in total. The van der Waals surface area contributed by atoms with E-state index >= 15 is 0 Å². The summed E-state index contributed by atoms with van der Waals surface area (Å²) in [5, 5.41) is 0. The molecule has 0 amide bonds. The fourth-order valence-electron chi connectivity index (χ4n) is 8.69. The van der Waals surface area contributed by atoms with Gasteiger partial charge in [-0.25, -0.2) is 4.39 Å². The van der Waals surface area contributed by atoms with Crippen LogP contribution in [0, 0.1) is 47.1 Å².